The largest absolute Gasteiger partial charge is 0.352 e. The maximum Gasteiger partial charge on any atom is 0.222 e. The van der Waals surface area contributed by atoms with Crippen molar-refractivity contribution >= 4 is 15.7 Å². The summed E-state index contributed by atoms with van der Waals surface area (Å²) in [5.74, 6) is -0.232. The third kappa shape index (κ3) is 6.57. The highest BCUT2D eigenvalue weighted by atomic mass is 32.2. The number of sulfone groups is 1. The van der Waals surface area contributed by atoms with Crippen molar-refractivity contribution in [3.8, 4) is 0 Å². The number of nitrogens with one attached hydrogen (secondary N) is 1. The molecule has 0 spiro atoms. The van der Waals surface area contributed by atoms with Crippen molar-refractivity contribution in [2.24, 2.45) is 5.92 Å². The molecule has 0 aromatic carbocycles. The molecule has 0 aromatic heterocycles. The molecular formula is C8H17NO3S. The summed E-state index contributed by atoms with van der Waals surface area (Å²) in [5, 5.41) is 2.62. The molecule has 1 atom stereocenters. The normalized spacial score (nSPS) is 14.2. The number of amides is 1. The molecule has 0 radical (unpaired) electrons. The van der Waals surface area contributed by atoms with Gasteiger partial charge in [-0.1, -0.05) is 13.8 Å². The van der Waals surface area contributed by atoms with Crippen molar-refractivity contribution in [1.29, 1.82) is 0 Å². The van der Waals surface area contributed by atoms with E-state index in [0.717, 1.165) is 6.26 Å². The minimum atomic E-state index is -3.01. The van der Waals surface area contributed by atoms with E-state index in [1.54, 1.807) is 20.8 Å². The lowest BCUT2D eigenvalue weighted by Gasteiger charge is -2.14. The van der Waals surface area contributed by atoms with Gasteiger partial charge < -0.3 is 5.32 Å². The Kier molecular flexibility index (Phi) is 4.39. The molecule has 0 saturated carbocycles. The molecule has 1 amide bonds. The fourth-order valence-electron chi connectivity index (χ4n) is 0.905. The lowest BCUT2D eigenvalue weighted by Crippen LogP contribution is -2.39. The van der Waals surface area contributed by atoms with Gasteiger partial charge in [-0.3, -0.25) is 4.79 Å². The summed E-state index contributed by atoms with van der Waals surface area (Å²) in [6, 6.07) is -0.315. The van der Waals surface area contributed by atoms with Gasteiger partial charge >= 0.3 is 0 Å². The molecule has 0 aliphatic rings. The Morgan fingerprint density at radius 1 is 1.31 bits per heavy atom. The molecule has 78 valence electrons. The molecule has 0 heterocycles. The van der Waals surface area contributed by atoms with Crippen LogP contribution in [0.5, 0.6) is 0 Å². The van der Waals surface area contributed by atoms with E-state index >= 15 is 0 Å². The highest BCUT2D eigenvalue weighted by Gasteiger charge is 2.14. The SMILES string of the molecule is CC(CS(C)(=O)=O)NC(=O)C(C)C. The predicted octanol–water partition coefficient (Wildman–Crippen LogP) is 0.192. The van der Waals surface area contributed by atoms with Crippen LogP contribution in [0.4, 0.5) is 0 Å². The molecule has 0 aromatic rings. The summed E-state index contributed by atoms with van der Waals surface area (Å²) in [4.78, 5) is 11.1. The fourth-order valence-corrected chi connectivity index (χ4v) is 1.90. The summed E-state index contributed by atoms with van der Waals surface area (Å²) in [7, 11) is -3.01. The van der Waals surface area contributed by atoms with Crippen molar-refractivity contribution < 1.29 is 13.2 Å². The van der Waals surface area contributed by atoms with E-state index in [1.807, 2.05) is 0 Å². The summed E-state index contributed by atoms with van der Waals surface area (Å²) in [6.45, 7) is 5.21. The van der Waals surface area contributed by atoms with Crippen LogP contribution in [0, 0.1) is 5.92 Å². The molecule has 0 saturated heterocycles. The summed E-state index contributed by atoms with van der Waals surface area (Å²) < 4.78 is 21.7. The molecule has 0 aliphatic carbocycles. The average molecular weight is 207 g/mol. The number of hydrogen-bond acceptors (Lipinski definition) is 3. The van der Waals surface area contributed by atoms with Gasteiger partial charge in [-0.2, -0.15) is 0 Å². The number of hydrogen-bond donors (Lipinski definition) is 1. The fraction of sp³-hybridized carbons (Fsp3) is 0.875. The van der Waals surface area contributed by atoms with Gasteiger partial charge in [-0.15, -0.1) is 0 Å². The van der Waals surface area contributed by atoms with Gasteiger partial charge in [-0.05, 0) is 6.92 Å². The zero-order valence-electron chi connectivity index (χ0n) is 8.49. The maximum atomic E-state index is 11.1. The van der Waals surface area contributed by atoms with Crippen molar-refractivity contribution in [2.45, 2.75) is 26.8 Å². The summed E-state index contributed by atoms with van der Waals surface area (Å²) >= 11 is 0. The molecule has 13 heavy (non-hydrogen) atoms. The van der Waals surface area contributed by atoms with E-state index < -0.39 is 9.84 Å². The monoisotopic (exact) mass is 207 g/mol. The van der Waals surface area contributed by atoms with Gasteiger partial charge in [0.25, 0.3) is 0 Å². The van der Waals surface area contributed by atoms with E-state index in [4.69, 9.17) is 0 Å². The second-order valence-electron chi connectivity index (χ2n) is 3.66. The van der Waals surface area contributed by atoms with Crippen LogP contribution in [0.25, 0.3) is 0 Å². The Balaban J connectivity index is 4.03. The van der Waals surface area contributed by atoms with Crippen LogP contribution >= 0.6 is 0 Å². The first-order valence-corrected chi connectivity index (χ1v) is 6.26. The second kappa shape index (κ2) is 4.60. The van der Waals surface area contributed by atoms with Gasteiger partial charge in [0.2, 0.25) is 5.91 Å². The summed E-state index contributed by atoms with van der Waals surface area (Å²) in [6.07, 6.45) is 1.16. The van der Waals surface area contributed by atoms with Crippen LogP contribution in [0.1, 0.15) is 20.8 Å². The molecule has 0 rings (SSSR count). The van der Waals surface area contributed by atoms with E-state index in [2.05, 4.69) is 5.32 Å². The molecule has 0 fully saturated rings. The van der Waals surface area contributed by atoms with Crippen molar-refractivity contribution in [2.75, 3.05) is 12.0 Å². The van der Waals surface area contributed by atoms with Crippen LogP contribution in [-0.4, -0.2) is 32.4 Å². The van der Waals surface area contributed by atoms with E-state index in [9.17, 15) is 13.2 Å². The lowest BCUT2D eigenvalue weighted by molar-refractivity contribution is -0.124. The quantitative estimate of drug-likeness (QED) is 0.716. The van der Waals surface area contributed by atoms with Crippen LogP contribution < -0.4 is 5.32 Å². The second-order valence-corrected chi connectivity index (χ2v) is 5.84. The minimum absolute atomic E-state index is 0.00847. The highest BCUT2D eigenvalue weighted by molar-refractivity contribution is 7.90. The molecule has 0 aliphatic heterocycles. The van der Waals surface area contributed by atoms with E-state index in [1.165, 1.54) is 0 Å². The Labute approximate surface area is 79.6 Å². The molecule has 5 heteroatoms. The highest BCUT2D eigenvalue weighted by Crippen LogP contribution is 1.95. The van der Waals surface area contributed by atoms with E-state index in [0.29, 0.717) is 0 Å². The van der Waals surface area contributed by atoms with Gasteiger partial charge in [-0.25, -0.2) is 8.42 Å². The minimum Gasteiger partial charge on any atom is -0.352 e. The Hall–Kier alpha value is -0.580. The van der Waals surface area contributed by atoms with Crippen LogP contribution in [0.2, 0.25) is 0 Å². The average Bonchev–Trinajstić information content (AvgIpc) is 1.81. The summed E-state index contributed by atoms with van der Waals surface area (Å²) in [5.41, 5.74) is 0. The smallest absolute Gasteiger partial charge is 0.222 e. The van der Waals surface area contributed by atoms with E-state index in [-0.39, 0.29) is 23.6 Å². The van der Waals surface area contributed by atoms with Gasteiger partial charge in [0.15, 0.2) is 0 Å². The Bertz CT molecular complexity index is 269. The molecule has 4 nitrogen and oxygen atoms in total. The Morgan fingerprint density at radius 3 is 2.08 bits per heavy atom. The van der Waals surface area contributed by atoms with Crippen LogP contribution in [-0.2, 0) is 14.6 Å². The predicted molar refractivity (Wildman–Crippen MR) is 52.2 cm³/mol. The zero-order valence-corrected chi connectivity index (χ0v) is 9.31. The number of carbonyl (C=O) groups is 1. The van der Waals surface area contributed by atoms with Crippen molar-refractivity contribution in [3.63, 3.8) is 0 Å². The van der Waals surface area contributed by atoms with Gasteiger partial charge in [0, 0.05) is 18.2 Å². The zero-order chi connectivity index (χ0) is 10.6. The molecule has 0 bridgehead atoms. The lowest BCUT2D eigenvalue weighted by atomic mass is 10.2. The number of carbonyl (C=O) groups excluding carboxylic acids is 1. The topological polar surface area (TPSA) is 63.2 Å². The van der Waals surface area contributed by atoms with Crippen LogP contribution in [0.3, 0.4) is 0 Å². The molecular weight excluding hydrogens is 190 g/mol. The third-order valence-electron chi connectivity index (χ3n) is 1.47. The standard InChI is InChI=1S/C8H17NO3S/c1-6(2)8(10)9-7(3)5-13(4,11)12/h6-7H,5H2,1-4H3,(H,9,10). The van der Waals surface area contributed by atoms with Crippen LogP contribution in [0.15, 0.2) is 0 Å². The maximum absolute atomic E-state index is 11.1. The van der Waals surface area contributed by atoms with Crippen molar-refractivity contribution in [3.05, 3.63) is 0 Å². The van der Waals surface area contributed by atoms with Gasteiger partial charge in [0.1, 0.15) is 9.84 Å². The first kappa shape index (κ1) is 12.4. The van der Waals surface area contributed by atoms with Gasteiger partial charge in [0.05, 0.1) is 5.75 Å². The first-order chi connectivity index (χ1) is 5.72. The van der Waals surface area contributed by atoms with Crippen molar-refractivity contribution in [1.82, 2.24) is 5.32 Å². The molecule has 1 N–H and O–H groups in total. The Morgan fingerprint density at radius 2 is 1.77 bits per heavy atom. The molecule has 1 unspecified atom stereocenters. The number of rotatable bonds is 4. The third-order valence-corrected chi connectivity index (χ3v) is 2.57. The first-order valence-electron chi connectivity index (χ1n) is 4.20.